The van der Waals surface area contributed by atoms with Crippen molar-refractivity contribution in [2.75, 3.05) is 6.61 Å². The molecule has 0 saturated carbocycles. The Labute approximate surface area is 393 Å². The third kappa shape index (κ3) is 45.7. The number of rotatable bonds is 52. The highest BCUT2D eigenvalue weighted by Gasteiger charge is 2.28. The van der Waals surface area contributed by atoms with Gasteiger partial charge >= 0.3 is 0 Å². The molecule has 0 rings (SSSR count). The fraction of sp³-hybridized carbons (Fsp3) is 0.912. The Kier molecular flexibility index (Phi) is 50.8. The van der Waals surface area contributed by atoms with Crippen LogP contribution in [0.25, 0.3) is 0 Å². The van der Waals surface area contributed by atoms with Gasteiger partial charge in [-0.25, -0.2) is 0 Å². The van der Waals surface area contributed by atoms with Crippen LogP contribution >= 0.6 is 0 Å². The second kappa shape index (κ2) is 51.8. The molecule has 0 aliphatic rings. The quantitative estimate of drug-likeness (QED) is 0.0309. The number of hydrogen-bond acceptors (Lipinski definition) is 5. The van der Waals surface area contributed by atoms with E-state index < -0.39 is 36.9 Å². The summed E-state index contributed by atoms with van der Waals surface area (Å²) in [5.74, 6) is -0.592. The molecule has 1 amide bonds. The van der Waals surface area contributed by atoms with Gasteiger partial charge in [-0.15, -0.1) is 0 Å². The Morgan fingerprint density at radius 1 is 0.381 bits per heavy atom. The summed E-state index contributed by atoms with van der Waals surface area (Å²) in [7, 11) is 0. The molecule has 0 aromatic heterocycles. The number of amides is 1. The van der Waals surface area contributed by atoms with E-state index in [2.05, 4.69) is 43.5 Å². The van der Waals surface area contributed by atoms with Crippen LogP contribution in [0.15, 0.2) is 24.3 Å². The van der Waals surface area contributed by atoms with E-state index in [1.165, 1.54) is 231 Å². The first-order valence-electron chi connectivity index (χ1n) is 28.2. The van der Waals surface area contributed by atoms with Crippen LogP contribution in [0.3, 0.4) is 0 Å². The van der Waals surface area contributed by atoms with E-state index in [0.29, 0.717) is 19.3 Å². The van der Waals surface area contributed by atoms with Gasteiger partial charge in [0.15, 0.2) is 0 Å². The Morgan fingerprint density at radius 3 is 1.00 bits per heavy atom. The molecule has 5 N–H and O–H groups in total. The van der Waals surface area contributed by atoms with Crippen molar-refractivity contribution in [3.05, 3.63) is 24.3 Å². The maximum Gasteiger partial charge on any atom is 0.249 e. The Balaban J connectivity index is 3.66. The maximum absolute atomic E-state index is 12.6. The zero-order chi connectivity index (χ0) is 45.9. The van der Waals surface area contributed by atoms with Gasteiger partial charge in [0.25, 0.3) is 0 Å². The number of hydrogen-bond donors (Lipinski definition) is 5. The minimum atomic E-state index is -1.29. The van der Waals surface area contributed by atoms with Crippen LogP contribution in [0.4, 0.5) is 0 Å². The van der Waals surface area contributed by atoms with Crippen LogP contribution in [0.1, 0.15) is 303 Å². The van der Waals surface area contributed by atoms with Gasteiger partial charge in [0.1, 0.15) is 12.2 Å². The molecule has 0 fully saturated rings. The Morgan fingerprint density at radius 2 is 0.667 bits per heavy atom. The zero-order valence-electron chi connectivity index (χ0n) is 42.3. The van der Waals surface area contributed by atoms with E-state index in [9.17, 15) is 25.2 Å². The average Bonchev–Trinajstić information content (AvgIpc) is 3.29. The van der Waals surface area contributed by atoms with E-state index in [1.807, 2.05) is 0 Å². The van der Waals surface area contributed by atoms with Gasteiger partial charge in [0, 0.05) is 0 Å². The number of allylic oxidation sites excluding steroid dienone is 4. The number of aliphatic hydroxyl groups is 4. The fourth-order valence-electron chi connectivity index (χ4n) is 8.95. The summed E-state index contributed by atoms with van der Waals surface area (Å²) in [5, 5.41) is 43.9. The van der Waals surface area contributed by atoms with Crippen molar-refractivity contribution in [1.82, 2.24) is 5.32 Å². The molecule has 4 atom stereocenters. The fourth-order valence-corrected chi connectivity index (χ4v) is 8.95. The Hall–Kier alpha value is -1.21. The van der Waals surface area contributed by atoms with Crippen LogP contribution in [0.2, 0.25) is 0 Å². The first-order valence-corrected chi connectivity index (χ1v) is 28.2. The smallest absolute Gasteiger partial charge is 0.249 e. The third-order valence-corrected chi connectivity index (χ3v) is 13.4. The van der Waals surface area contributed by atoms with Crippen molar-refractivity contribution in [3.63, 3.8) is 0 Å². The van der Waals surface area contributed by atoms with Gasteiger partial charge < -0.3 is 25.7 Å². The summed E-state index contributed by atoms with van der Waals surface area (Å²) in [6.07, 6.45) is 62.5. The van der Waals surface area contributed by atoms with Gasteiger partial charge in [-0.05, 0) is 51.4 Å². The SMILES string of the molecule is CCCCCCCCCCCCCCCCCCCCC/C=C/CC/C=C/CCCC(O)C(O)C(CO)NC(=O)C(O)CCCCCCCCCCCCCCCCCCCCC. The standard InChI is InChI=1S/C57H111NO5/c1-3-5-7-9-11-13-15-17-19-21-23-24-25-26-27-28-29-30-31-33-34-36-38-40-42-44-46-48-50-54(60)56(62)53(52-59)58-57(63)55(61)51-49-47-45-43-41-39-37-35-32-22-20-18-16-14-12-10-8-6-4-2/h34,36,42,44,53-56,59-62H,3-33,35,37-41,43,45-52H2,1-2H3,(H,58,63)/b36-34+,44-42+. The van der Waals surface area contributed by atoms with E-state index in [1.54, 1.807) is 0 Å². The molecule has 0 bridgehead atoms. The zero-order valence-corrected chi connectivity index (χ0v) is 42.3. The summed E-state index contributed by atoms with van der Waals surface area (Å²) in [6.45, 7) is 4.07. The highest BCUT2D eigenvalue weighted by Crippen LogP contribution is 2.18. The highest BCUT2D eigenvalue weighted by molar-refractivity contribution is 5.80. The Bertz CT molecular complexity index is 955. The average molecular weight is 891 g/mol. The lowest BCUT2D eigenvalue weighted by Gasteiger charge is -2.27. The molecule has 63 heavy (non-hydrogen) atoms. The summed E-state index contributed by atoms with van der Waals surface area (Å²) in [4.78, 5) is 12.6. The van der Waals surface area contributed by atoms with Crippen LogP contribution in [0, 0.1) is 0 Å². The summed E-state index contributed by atoms with van der Waals surface area (Å²) < 4.78 is 0. The molecule has 6 heteroatoms. The molecule has 374 valence electrons. The summed E-state index contributed by atoms with van der Waals surface area (Å²) in [5.41, 5.74) is 0. The lowest BCUT2D eigenvalue weighted by molar-refractivity contribution is -0.132. The van der Waals surface area contributed by atoms with Gasteiger partial charge in [-0.3, -0.25) is 4.79 Å². The summed E-state index contributed by atoms with van der Waals surface area (Å²) in [6, 6.07) is -1.01. The van der Waals surface area contributed by atoms with Crippen molar-refractivity contribution in [2.45, 2.75) is 327 Å². The van der Waals surface area contributed by atoms with Gasteiger partial charge in [0.2, 0.25) is 5.91 Å². The summed E-state index contributed by atoms with van der Waals surface area (Å²) >= 11 is 0. The van der Waals surface area contributed by atoms with Crippen molar-refractivity contribution in [2.24, 2.45) is 0 Å². The second-order valence-corrected chi connectivity index (χ2v) is 19.6. The molecule has 0 aromatic rings. The normalized spacial score (nSPS) is 13.9. The maximum atomic E-state index is 12.6. The van der Waals surface area contributed by atoms with Crippen LogP contribution in [-0.2, 0) is 4.79 Å². The van der Waals surface area contributed by atoms with Crippen molar-refractivity contribution in [1.29, 1.82) is 0 Å². The monoisotopic (exact) mass is 890 g/mol. The van der Waals surface area contributed by atoms with E-state index in [4.69, 9.17) is 0 Å². The number of nitrogens with one attached hydrogen (secondary N) is 1. The van der Waals surface area contributed by atoms with Crippen molar-refractivity contribution >= 4 is 5.91 Å². The van der Waals surface area contributed by atoms with Gasteiger partial charge in [0.05, 0.1) is 18.8 Å². The predicted molar refractivity (Wildman–Crippen MR) is 274 cm³/mol. The molecule has 0 saturated heterocycles. The molecule has 0 aliphatic carbocycles. The van der Waals surface area contributed by atoms with E-state index in [0.717, 1.165) is 38.5 Å². The molecular weight excluding hydrogens is 779 g/mol. The van der Waals surface area contributed by atoms with Crippen molar-refractivity contribution < 1.29 is 25.2 Å². The molecule has 0 radical (unpaired) electrons. The minimum absolute atomic E-state index is 0.364. The highest BCUT2D eigenvalue weighted by atomic mass is 16.3. The molecule has 0 heterocycles. The van der Waals surface area contributed by atoms with Gasteiger partial charge in [-0.2, -0.15) is 0 Å². The molecule has 0 spiro atoms. The number of carbonyl (C=O) groups excluding carboxylic acids is 1. The third-order valence-electron chi connectivity index (χ3n) is 13.4. The van der Waals surface area contributed by atoms with E-state index >= 15 is 0 Å². The molecular formula is C57H111NO5. The minimum Gasteiger partial charge on any atom is -0.394 e. The first kappa shape index (κ1) is 61.8. The van der Waals surface area contributed by atoms with E-state index in [-0.39, 0.29) is 0 Å². The van der Waals surface area contributed by atoms with Crippen LogP contribution in [-0.4, -0.2) is 57.3 Å². The molecule has 4 unspecified atom stereocenters. The van der Waals surface area contributed by atoms with Crippen LogP contribution < -0.4 is 5.32 Å². The number of aliphatic hydroxyl groups excluding tert-OH is 4. The lowest BCUT2D eigenvalue weighted by atomic mass is 10.00. The van der Waals surface area contributed by atoms with Crippen molar-refractivity contribution in [3.8, 4) is 0 Å². The number of unbranched alkanes of at least 4 members (excludes halogenated alkanes) is 39. The van der Waals surface area contributed by atoms with Crippen LogP contribution in [0.5, 0.6) is 0 Å². The first-order chi connectivity index (χ1) is 31.0. The molecule has 0 aliphatic heterocycles. The lowest BCUT2D eigenvalue weighted by Crippen LogP contribution is -2.53. The largest absolute Gasteiger partial charge is 0.394 e. The second-order valence-electron chi connectivity index (χ2n) is 19.6. The predicted octanol–water partition coefficient (Wildman–Crippen LogP) is 16.3. The molecule has 0 aromatic carbocycles. The number of carbonyl (C=O) groups is 1. The molecule has 6 nitrogen and oxygen atoms in total. The topological polar surface area (TPSA) is 110 Å². The van der Waals surface area contributed by atoms with Gasteiger partial charge in [-0.1, -0.05) is 276 Å².